The zero-order chi connectivity index (χ0) is 21.8. The van der Waals surface area contributed by atoms with Gasteiger partial charge in [0.25, 0.3) is 0 Å². The van der Waals surface area contributed by atoms with Gasteiger partial charge in [0.2, 0.25) is 6.79 Å². The summed E-state index contributed by atoms with van der Waals surface area (Å²) in [6.45, 7) is 6.31. The molecule has 2 fully saturated rings. The highest BCUT2D eigenvalue weighted by Crippen LogP contribution is 2.40. The van der Waals surface area contributed by atoms with E-state index >= 15 is 0 Å². The first-order valence-corrected chi connectivity index (χ1v) is 11.4. The first-order valence-electron chi connectivity index (χ1n) is 11.4. The van der Waals surface area contributed by atoms with Crippen molar-refractivity contribution in [2.75, 3.05) is 64.7 Å². The lowest BCUT2D eigenvalue weighted by atomic mass is 9.74. The van der Waals surface area contributed by atoms with E-state index in [2.05, 4.69) is 43.3 Å². The third kappa shape index (κ3) is 5.13. The standard InChI is InChI=1S/C24H31N5O3.HI/c1-25-23(29-12-10-28(11-13-29)22-4-2-3-9-26-22)27-17-24(7-14-30-15-8-24)19-5-6-20-21(16-19)32-18-31-20;/h2-6,9,16H,7-8,10-15,17-18H2,1H3,(H,25,27);1H. The van der Waals surface area contributed by atoms with Gasteiger partial charge < -0.3 is 29.3 Å². The Balaban J connectivity index is 0.00000259. The van der Waals surface area contributed by atoms with Crippen molar-refractivity contribution in [3.8, 4) is 11.5 Å². The zero-order valence-corrected chi connectivity index (χ0v) is 21.4. The van der Waals surface area contributed by atoms with E-state index in [4.69, 9.17) is 14.2 Å². The Hall–Kier alpha value is -2.27. The summed E-state index contributed by atoms with van der Waals surface area (Å²) in [7, 11) is 1.87. The summed E-state index contributed by atoms with van der Waals surface area (Å²) in [5.74, 6) is 3.66. The number of fused-ring (bicyclic) bond motifs is 1. The smallest absolute Gasteiger partial charge is 0.231 e. The van der Waals surface area contributed by atoms with Crippen LogP contribution in [0.15, 0.2) is 47.6 Å². The minimum atomic E-state index is -0.0229. The first-order chi connectivity index (χ1) is 15.8. The Kier molecular flexibility index (Phi) is 7.79. The third-order valence-corrected chi connectivity index (χ3v) is 6.78. The van der Waals surface area contributed by atoms with Crippen LogP contribution in [-0.4, -0.2) is 75.6 Å². The van der Waals surface area contributed by atoms with Gasteiger partial charge in [-0.15, -0.1) is 24.0 Å². The van der Waals surface area contributed by atoms with Crippen LogP contribution in [-0.2, 0) is 10.2 Å². The minimum absolute atomic E-state index is 0. The van der Waals surface area contributed by atoms with Gasteiger partial charge in [-0.05, 0) is 42.7 Å². The van der Waals surface area contributed by atoms with Crippen molar-refractivity contribution in [1.82, 2.24) is 15.2 Å². The van der Waals surface area contributed by atoms with Crippen molar-refractivity contribution in [1.29, 1.82) is 0 Å². The van der Waals surface area contributed by atoms with Crippen molar-refractivity contribution in [2.24, 2.45) is 4.99 Å². The fourth-order valence-electron chi connectivity index (χ4n) is 4.82. The molecule has 1 N–H and O–H groups in total. The van der Waals surface area contributed by atoms with Crippen molar-refractivity contribution in [2.45, 2.75) is 18.3 Å². The fourth-order valence-corrected chi connectivity index (χ4v) is 4.82. The summed E-state index contributed by atoms with van der Waals surface area (Å²) in [6.07, 6.45) is 3.78. The Morgan fingerprint density at radius 2 is 1.85 bits per heavy atom. The van der Waals surface area contributed by atoms with Gasteiger partial charge in [-0.1, -0.05) is 12.1 Å². The van der Waals surface area contributed by atoms with E-state index in [1.165, 1.54) is 5.56 Å². The van der Waals surface area contributed by atoms with E-state index in [-0.39, 0.29) is 29.4 Å². The highest BCUT2D eigenvalue weighted by atomic mass is 127. The topological polar surface area (TPSA) is 71.5 Å². The molecule has 0 amide bonds. The number of aliphatic imine (C=N–C) groups is 1. The Labute approximate surface area is 212 Å². The molecule has 9 heteroatoms. The number of aromatic nitrogens is 1. The van der Waals surface area contributed by atoms with Gasteiger partial charge in [0, 0.05) is 64.6 Å². The Morgan fingerprint density at radius 3 is 2.58 bits per heavy atom. The van der Waals surface area contributed by atoms with Crippen LogP contribution in [0.2, 0.25) is 0 Å². The molecule has 3 aliphatic rings. The molecule has 0 bridgehead atoms. The van der Waals surface area contributed by atoms with Gasteiger partial charge in [-0.25, -0.2) is 4.98 Å². The van der Waals surface area contributed by atoms with Crippen LogP contribution in [0.4, 0.5) is 5.82 Å². The number of ether oxygens (including phenoxy) is 3. The van der Waals surface area contributed by atoms with Crippen LogP contribution >= 0.6 is 24.0 Å². The lowest BCUT2D eigenvalue weighted by Gasteiger charge is -2.41. The van der Waals surface area contributed by atoms with E-state index in [9.17, 15) is 0 Å². The number of hydrogen-bond donors (Lipinski definition) is 1. The van der Waals surface area contributed by atoms with Gasteiger partial charge in [0.05, 0.1) is 0 Å². The molecule has 0 saturated carbocycles. The highest BCUT2D eigenvalue weighted by Gasteiger charge is 2.36. The summed E-state index contributed by atoms with van der Waals surface area (Å²) >= 11 is 0. The molecule has 33 heavy (non-hydrogen) atoms. The van der Waals surface area contributed by atoms with E-state index < -0.39 is 0 Å². The van der Waals surface area contributed by atoms with Crippen LogP contribution in [0, 0.1) is 0 Å². The number of rotatable bonds is 4. The summed E-state index contributed by atoms with van der Waals surface area (Å²) < 4.78 is 16.9. The summed E-state index contributed by atoms with van der Waals surface area (Å²) in [6, 6.07) is 12.4. The molecule has 0 aliphatic carbocycles. The number of nitrogens with zero attached hydrogens (tertiary/aromatic N) is 4. The van der Waals surface area contributed by atoms with Crippen LogP contribution < -0.4 is 19.7 Å². The molecule has 3 aliphatic heterocycles. The van der Waals surface area contributed by atoms with E-state index in [1.807, 2.05) is 31.4 Å². The molecule has 178 valence electrons. The Bertz CT molecular complexity index is 944. The summed E-state index contributed by atoms with van der Waals surface area (Å²) in [4.78, 5) is 13.8. The average Bonchev–Trinajstić information content (AvgIpc) is 3.34. The molecule has 0 radical (unpaired) electrons. The predicted octanol–water partition coefficient (Wildman–Crippen LogP) is 2.87. The van der Waals surface area contributed by atoms with Crippen LogP contribution in [0.5, 0.6) is 11.5 Å². The molecule has 0 spiro atoms. The molecule has 2 saturated heterocycles. The lowest BCUT2D eigenvalue weighted by Crippen LogP contribution is -2.55. The molecule has 0 atom stereocenters. The molecular formula is C24H32IN5O3. The number of halogens is 1. The van der Waals surface area contributed by atoms with E-state index in [1.54, 1.807) is 0 Å². The first kappa shape index (κ1) is 23.9. The molecule has 8 nitrogen and oxygen atoms in total. The SMILES string of the molecule is CN=C(NCC1(c2ccc3c(c2)OCO3)CCOCC1)N1CCN(c2ccccn2)CC1.I. The Morgan fingerprint density at radius 1 is 1.06 bits per heavy atom. The molecule has 5 rings (SSSR count). The fraction of sp³-hybridized carbons (Fsp3) is 0.500. The van der Waals surface area contributed by atoms with E-state index in [0.29, 0.717) is 6.79 Å². The van der Waals surface area contributed by atoms with Gasteiger partial charge in [-0.3, -0.25) is 4.99 Å². The number of piperazine rings is 1. The van der Waals surface area contributed by atoms with E-state index in [0.717, 1.165) is 82.1 Å². The van der Waals surface area contributed by atoms with Crippen LogP contribution in [0.3, 0.4) is 0 Å². The van der Waals surface area contributed by atoms with Gasteiger partial charge >= 0.3 is 0 Å². The molecule has 4 heterocycles. The van der Waals surface area contributed by atoms with Crippen LogP contribution in [0.1, 0.15) is 18.4 Å². The largest absolute Gasteiger partial charge is 0.454 e. The zero-order valence-electron chi connectivity index (χ0n) is 19.0. The van der Waals surface area contributed by atoms with Crippen molar-refractivity contribution < 1.29 is 14.2 Å². The maximum absolute atomic E-state index is 5.71. The maximum Gasteiger partial charge on any atom is 0.231 e. The maximum atomic E-state index is 5.71. The van der Waals surface area contributed by atoms with Crippen LogP contribution in [0.25, 0.3) is 0 Å². The van der Waals surface area contributed by atoms with Gasteiger partial charge in [-0.2, -0.15) is 0 Å². The number of anilines is 1. The molecular weight excluding hydrogens is 533 g/mol. The lowest BCUT2D eigenvalue weighted by molar-refractivity contribution is 0.0511. The molecule has 2 aromatic rings. The van der Waals surface area contributed by atoms with Gasteiger partial charge in [0.1, 0.15) is 5.82 Å². The number of hydrogen-bond acceptors (Lipinski definition) is 6. The second kappa shape index (κ2) is 10.8. The quantitative estimate of drug-likeness (QED) is 0.348. The second-order valence-corrected chi connectivity index (χ2v) is 8.52. The number of pyridine rings is 1. The predicted molar refractivity (Wildman–Crippen MR) is 139 cm³/mol. The number of benzene rings is 1. The average molecular weight is 565 g/mol. The van der Waals surface area contributed by atoms with Crippen molar-refractivity contribution in [3.63, 3.8) is 0 Å². The summed E-state index contributed by atoms with van der Waals surface area (Å²) in [5.41, 5.74) is 1.25. The second-order valence-electron chi connectivity index (χ2n) is 8.52. The van der Waals surface area contributed by atoms with Gasteiger partial charge in [0.15, 0.2) is 17.5 Å². The minimum Gasteiger partial charge on any atom is -0.454 e. The summed E-state index contributed by atoms with van der Waals surface area (Å²) in [5, 5.41) is 3.68. The molecule has 1 aromatic carbocycles. The van der Waals surface area contributed by atoms with Crippen molar-refractivity contribution >= 4 is 35.8 Å². The number of guanidine groups is 1. The third-order valence-electron chi connectivity index (χ3n) is 6.78. The monoisotopic (exact) mass is 565 g/mol. The highest BCUT2D eigenvalue weighted by molar-refractivity contribution is 14.0. The normalized spacial score (nSPS) is 19.7. The number of nitrogens with one attached hydrogen (secondary N) is 1. The molecule has 1 aromatic heterocycles. The molecule has 0 unspecified atom stereocenters. The van der Waals surface area contributed by atoms with Crippen molar-refractivity contribution in [3.05, 3.63) is 48.2 Å².